The molecule has 0 bridgehead atoms. The minimum atomic E-state index is -2.91. The van der Waals surface area contributed by atoms with E-state index in [9.17, 15) is 13.6 Å². The molecule has 0 saturated heterocycles. The molecule has 0 aliphatic carbocycles. The molecule has 1 amide bonds. The molecule has 2 rings (SSSR count). The van der Waals surface area contributed by atoms with Crippen LogP contribution in [0.2, 0.25) is 0 Å². The summed E-state index contributed by atoms with van der Waals surface area (Å²) in [6.07, 6.45) is 0. The smallest absolute Gasteiger partial charge is 0.387 e. The van der Waals surface area contributed by atoms with Crippen molar-refractivity contribution < 1.29 is 18.3 Å². The maximum atomic E-state index is 12.2. The van der Waals surface area contributed by atoms with Crippen LogP contribution in [-0.2, 0) is 5.41 Å². The summed E-state index contributed by atoms with van der Waals surface area (Å²) in [5.41, 5.74) is 1.15. The average Bonchev–Trinajstić information content (AvgIpc) is 2.53. The molecule has 2 aromatic rings. The second-order valence-corrected chi connectivity index (χ2v) is 5.84. The molecule has 0 heterocycles. The van der Waals surface area contributed by atoms with Crippen LogP contribution in [0.1, 0.15) is 29.8 Å². The third kappa shape index (κ3) is 4.77. The first-order chi connectivity index (χ1) is 10.9. The van der Waals surface area contributed by atoms with Gasteiger partial charge < -0.3 is 10.1 Å². The molecule has 0 aliphatic heterocycles. The first-order valence-electron chi connectivity index (χ1n) is 7.27. The van der Waals surface area contributed by atoms with E-state index >= 15 is 0 Å². The second kappa shape index (κ2) is 7.22. The van der Waals surface area contributed by atoms with E-state index in [2.05, 4.69) is 10.1 Å². The van der Waals surface area contributed by atoms with Crippen LogP contribution >= 0.6 is 0 Å². The van der Waals surface area contributed by atoms with Crippen molar-refractivity contribution >= 4 is 5.91 Å². The molecule has 0 spiro atoms. The average molecular weight is 319 g/mol. The lowest BCUT2D eigenvalue weighted by molar-refractivity contribution is -0.0498. The molecule has 0 aromatic heterocycles. The highest BCUT2D eigenvalue weighted by molar-refractivity contribution is 5.94. The Labute approximate surface area is 134 Å². The van der Waals surface area contributed by atoms with E-state index in [0.717, 1.165) is 5.56 Å². The monoisotopic (exact) mass is 319 g/mol. The van der Waals surface area contributed by atoms with Crippen molar-refractivity contribution in [2.24, 2.45) is 0 Å². The maximum absolute atomic E-state index is 12.2. The van der Waals surface area contributed by atoms with Crippen molar-refractivity contribution in [2.75, 3.05) is 6.54 Å². The highest BCUT2D eigenvalue weighted by Gasteiger charge is 2.21. The molecule has 3 nitrogen and oxygen atoms in total. The highest BCUT2D eigenvalue weighted by Crippen LogP contribution is 2.22. The molecule has 0 fully saturated rings. The van der Waals surface area contributed by atoms with Crippen LogP contribution in [0.3, 0.4) is 0 Å². The fourth-order valence-electron chi connectivity index (χ4n) is 2.21. The normalized spacial score (nSPS) is 11.3. The number of ether oxygens (including phenoxy) is 1. The summed E-state index contributed by atoms with van der Waals surface area (Å²) < 4.78 is 28.8. The fourth-order valence-corrected chi connectivity index (χ4v) is 2.21. The first-order valence-corrected chi connectivity index (χ1v) is 7.27. The van der Waals surface area contributed by atoms with Crippen LogP contribution < -0.4 is 10.1 Å². The number of carbonyl (C=O) groups is 1. The lowest BCUT2D eigenvalue weighted by Gasteiger charge is -2.25. The van der Waals surface area contributed by atoms with Crippen molar-refractivity contribution in [1.29, 1.82) is 0 Å². The Balaban J connectivity index is 2.02. The summed E-state index contributed by atoms with van der Waals surface area (Å²) in [4.78, 5) is 12.2. The summed E-state index contributed by atoms with van der Waals surface area (Å²) in [5, 5.41) is 2.84. The van der Waals surface area contributed by atoms with Gasteiger partial charge in [-0.1, -0.05) is 50.2 Å². The van der Waals surface area contributed by atoms with Gasteiger partial charge in [0.05, 0.1) is 0 Å². The van der Waals surface area contributed by atoms with Crippen molar-refractivity contribution in [1.82, 2.24) is 5.32 Å². The number of alkyl halides is 2. The van der Waals surface area contributed by atoms with E-state index in [-0.39, 0.29) is 22.6 Å². The minimum Gasteiger partial charge on any atom is -0.435 e. The predicted molar refractivity (Wildman–Crippen MR) is 84.9 cm³/mol. The van der Waals surface area contributed by atoms with Gasteiger partial charge in [0.2, 0.25) is 0 Å². The van der Waals surface area contributed by atoms with Gasteiger partial charge in [-0.3, -0.25) is 4.79 Å². The number of halogens is 2. The van der Waals surface area contributed by atoms with Gasteiger partial charge in [0.25, 0.3) is 5.91 Å². The number of amides is 1. The molecular formula is C18H19F2NO2. The molecule has 0 unspecified atom stereocenters. The first kappa shape index (κ1) is 16.9. The molecular weight excluding hydrogens is 300 g/mol. The third-order valence-electron chi connectivity index (χ3n) is 3.57. The number of hydrogen-bond acceptors (Lipinski definition) is 2. The lowest BCUT2D eigenvalue weighted by Crippen LogP contribution is -2.36. The van der Waals surface area contributed by atoms with Crippen LogP contribution in [0.5, 0.6) is 5.75 Å². The Bertz CT molecular complexity index is 657. The molecule has 1 N–H and O–H groups in total. The van der Waals surface area contributed by atoms with Gasteiger partial charge in [-0.15, -0.1) is 0 Å². The molecule has 0 aliphatic rings. The summed E-state index contributed by atoms with van der Waals surface area (Å²) in [6.45, 7) is 1.57. The number of hydrogen-bond donors (Lipinski definition) is 1. The largest absolute Gasteiger partial charge is 0.435 e. The Morgan fingerprint density at radius 2 is 1.83 bits per heavy atom. The Morgan fingerprint density at radius 1 is 1.13 bits per heavy atom. The van der Waals surface area contributed by atoms with Gasteiger partial charge in [0.15, 0.2) is 0 Å². The molecule has 2 aromatic carbocycles. The topological polar surface area (TPSA) is 38.3 Å². The number of benzene rings is 2. The van der Waals surface area contributed by atoms with Crippen LogP contribution in [0.15, 0.2) is 54.6 Å². The Hall–Kier alpha value is -2.43. The van der Waals surface area contributed by atoms with E-state index in [1.807, 2.05) is 44.2 Å². The van der Waals surface area contributed by atoms with E-state index in [4.69, 9.17) is 0 Å². The van der Waals surface area contributed by atoms with E-state index in [0.29, 0.717) is 6.54 Å². The van der Waals surface area contributed by atoms with Crippen LogP contribution in [0.4, 0.5) is 8.78 Å². The number of carbonyl (C=O) groups excluding carboxylic acids is 1. The van der Waals surface area contributed by atoms with Crippen molar-refractivity contribution in [3.63, 3.8) is 0 Å². The van der Waals surface area contributed by atoms with Gasteiger partial charge in [0, 0.05) is 17.5 Å². The standard InChI is InChI=1S/C18H19F2NO2/c1-18(2,14-8-4-3-5-9-14)12-21-16(22)13-7-6-10-15(11-13)23-17(19)20/h3-11,17H,12H2,1-2H3,(H,21,22). The summed E-state index contributed by atoms with van der Waals surface area (Å²) in [5.74, 6) is -0.358. The molecule has 0 atom stereocenters. The molecule has 0 saturated carbocycles. The second-order valence-electron chi connectivity index (χ2n) is 5.84. The maximum Gasteiger partial charge on any atom is 0.387 e. The number of nitrogens with one attached hydrogen (secondary N) is 1. The third-order valence-corrected chi connectivity index (χ3v) is 3.57. The Morgan fingerprint density at radius 3 is 2.48 bits per heavy atom. The van der Waals surface area contributed by atoms with E-state index in [1.54, 1.807) is 6.07 Å². The van der Waals surface area contributed by atoms with Crippen molar-refractivity contribution in [3.05, 3.63) is 65.7 Å². The van der Waals surface area contributed by atoms with Gasteiger partial charge in [-0.25, -0.2) is 0 Å². The molecule has 0 radical (unpaired) electrons. The van der Waals surface area contributed by atoms with E-state index < -0.39 is 6.61 Å². The zero-order valence-electron chi connectivity index (χ0n) is 13.1. The molecule has 5 heteroatoms. The van der Waals surface area contributed by atoms with Crippen molar-refractivity contribution in [2.45, 2.75) is 25.9 Å². The zero-order valence-corrected chi connectivity index (χ0v) is 13.1. The lowest BCUT2D eigenvalue weighted by atomic mass is 9.84. The van der Waals surface area contributed by atoms with Crippen LogP contribution in [0, 0.1) is 0 Å². The minimum absolute atomic E-state index is 0.0324. The summed E-state index contributed by atoms with van der Waals surface area (Å²) in [6, 6.07) is 15.6. The van der Waals surface area contributed by atoms with Crippen LogP contribution in [0.25, 0.3) is 0 Å². The quantitative estimate of drug-likeness (QED) is 0.874. The van der Waals surface area contributed by atoms with Crippen LogP contribution in [-0.4, -0.2) is 19.1 Å². The Kier molecular flexibility index (Phi) is 5.32. The van der Waals surface area contributed by atoms with Gasteiger partial charge >= 0.3 is 6.61 Å². The SMILES string of the molecule is CC(C)(CNC(=O)c1cccc(OC(F)F)c1)c1ccccc1. The highest BCUT2D eigenvalue weighted by atomic mass is 19.3. The number of rotatable bonds is 6. The zero-order chi connectivity index (χ0) is 16.9. The molecule has 122 valence electrons. The fraction of sp³-hybridized carbons (Fsp3) is 0.278. The predicted octanol–water partition coefficient (Wildman–Crippen LogP) is 4.00. The van der Waals surface area contributed by atoms with Crippen molar-refractivity contribution in [3.8, 4) is 5.75 Å². The van der Waals surface area contributed by atoms with Gasteiger partial charge in [-0.05, 0) is 23.8 Å². The van der Waals surface area contributed by atoms with Gasteiger partial charge in [-0.2, -0.15) is 8.78 Å². The van der Waals surface area contributed by atoms with Gasteiger partial charge in [0.1, 0.15) is 5.75 Å². The summed E-state index contributed by atoms with van der Waals surface area (Å²) >= 11 is 0. The summed E-state index contributed by atoms with van der Waals surface area (Å²) in [7, 11) is 0. The van der Waals surface area contributed by atoms with E-state index in [1.165, 1.54) is 18.2 Å². The molecule has 23 heavy (non-hydrogen) atoms.